The number of nitrogens with zero attached hydrogens (tertiary/aromatic N) is 1. The second kappa shape index (κ2) is 7.00. The van der Waals surface area contributed by atoms with Crippen molar-refractivity contribution in [2.24, 2.45) is 0 Å². The first-order valence-corrected chi connectivity index (χ1v) is 8.80. The van der Waals surface area contributed by atoms with Gasteiger partial charge in [0, 0.05) is 18.0 Å². The molecule has 0 aliphatic carbocycles. The molecule has 134 valence electrons. The third-order valence-electron chi connectivity index (χ3n) is 5.05. The van der Waals surface area contributed by atoms with Gasteiger partial charge in [0.2, 0.25) is 0 Å². The van der Waals surface area contributed by atoms with Crippen LogP contribution in [0.1, 0.15) is 49.3 Å². The molecule has 1 aliphatic heterocycles. The molecule has 0 spiro atoms. The minimum absolute atomic E-state index is 0.205. The molecule has 1 aromatic heterocycles. The number of carbonyl (C=O) groups excluding carboxylic acids is 1. The van der Waals surface area contributed by atoms with Gasteiger partial charge in [-0.15, -0.1) is 0 Å². The van der Waals surface area contributed by atoms with E-state index in [-0.39, 0.29) is 17.6 Å². The molecular formula is C20H25NO4. The number of fused-ring (bicyclic) bond motifs is 1. The monoisotopic (exact) mass is 343 g/mol. The van der Waals surface area contributed by atoms with Crippen molar-refractivity contribution in [3.63, 3.8) is 0 Å². The van der Waals surface area contributed by atoms with Crippen LogP contribution in [0.2, 0.25) is 0 Å². The summed E-state index contributed by atoms with van der Waals surface area (Å²) in [5, 5.41) is 0.949. The van der Waals surface area contributed by atoms with Gasteiger partial charge in [-0.05, 0) is 61.1 Å². The number of hydrogen-bond acceptors (Lipinski definition) is 5. The van der Waals surface area contributed by atoms with E-state index in [9.17, 15) is 9.59 Å². The summed E-state index contributed by atoms with van der Waals surface area (Å²) in [4.78, 5) is 26.1. The summed E-state index contributed by atoms with van der Waals surface area (Å²) in [6.45, 7) is 7.71. The summed E-state index contributed by atoms with van der Waals surface area (Å²) >= 11 is 0. The number of methoxy groups -OCH3 is 1. The third-order valence-corrected chi connectivity index (χ3v) is 5.05. The van der Waals surface area contributed by atoms with Gasteiger partial charge in [-0.1, -0.05) is 13.8 Å². The topological polar surface area (TPSA) is 59.8 Å². The Morgan fingerprint density at radius 2 is 2.12 bits per heavy atom. The lowest BCUT2D eigenvalue weighted by molar-refractivity contribution is -0.146. The number of esters is 1. The summed E-state index contributed by atoms with van der Waals surface area (Å²) in [6, 6.07) is 5.38. The van der Waals surface area contributed by atoms with Crippen molar-refractivity contribution in [2.45, 2.75) is 52.1 Å². The first-order chi connectivity index (χ1) is 11.9. The molecule has 1 atom stereocenters. The first kappa shape index (κ1) is 17.7. The van der Waals surface area contributed by atoms with Crippen molar-refractivity contribution in [3.05, 3.63) is 45.3 Å². The lowest BCUT2D eigenvalue weighted by Crippen LogP contribution is -2.36. The van der Waals surface area contributed by atoms with E-state index in [1.54, 1.807) is 6.07 Å². The maximum atomic E-state index is 12.0. The van der Waals surface area contributed by atoms with Crippen LogP contribution in [-0.2, 0) is 16.1 Å². The first-order valence-electron chi connectivity index (χ1n) is 8.80. The van der Waals surface area contributed by atoms with Crippen molar-refractivity contribution < 1.29 is 13.9 Å². The van der Waals surface area contributed by atoms with Gasteiger partial charge in [-0.3, -0.25) is 9.69 Å². The average molecular weight is 343 g/mol. The number of likely N-dealkylation sites (tertiary alicyclic amines) is 1. The van der Waals surface area contributed by atoms with Gasteiger partial charge in [-0.2, -0.15) is 0 Å². The van der Waals surface area contributed by atoms with E-state index in [1.807, 2.05) is 13.0 Å². The predicted octanol–water partition coefficient (Wildman–Crippen LogP) is 3.36. The minimum atomic E-state index is -0.354. The Morgan fingerprint density at radius 1 is 1.36 bits per heavy atom. The number of rotatable bonds is 4. The molecular weight excluding hydrogens is 318 g/mol. The van der Waals surface area contributed by atoms with Gasteiger partial charge < -0.3 is 9.15 Å². The second-order valence-electron chi connectivity index (χ2n) is 7.10. The van der Waals surface area contributed by atoms with Gasteiger partial charge in [-0.25, -0.2) is 4.79 Å². The van der Waals surface area contributed by atoms with Crippen molar-refractivity contribution in [1.82, 2.24) is 4.90 Å². The maximum Gasteiger partial charge on any atom is 0.336 e. The molecule has 5 nitrogen and oxygen atoms in total. The number of ether oxygens (including phenoxy) is 1. The van der Waals surface area contributed by atoms with Crippen molar-refractivity contribution >= 4 is 16.9 Å². The molecule has 0 bridgehead atoms. The molecule has 1 aliphatic rings. The van der Waals surface area contributed by atoms with Gasteiger partial charge in [0.1, 0.15) is 11.6 Å². The molecule has 0 amide bonds. The van der Waals surface area contributed by atoms with Crippen molar-refractivity contribution in [3.8, 4) is 0 Å². The van der Waals surface area contributed by atoms with Crippen LogP contribution < -0.4 is 5.63 Å². The number of hydrogen-bond donors (Lipinski definition) is 0. The fourth-order valence-corrected chi connectivity index (χ4v) is 3.78. The van der Waals surface area contributed by atoms with Crippen LogP contribution in [0.25, 0.3) is 11.0 Å². The lowest BCUT2D eigenvalue weighted by Gasteiger charge is -2.23. The Labute approximate surface area is 147 Å². The van der Waals surface area contributed by atoms with E-state index in [0.717, 1.165) is 35.9 Å². The Bertz CT molecular complexity index is 853. The predicted molar refractivity (Wildman–Crippen MR) is 96.8 cm³/mol. The van der Waals surface area contributed by atoms with Gasteiger partial charge in [0.15, 0.2) is 0 Å². The lowest BCUT2D eigenvalue weighted by atomic mass is 9.95. The van der Waals surface area contributed by atoms with Crippen LogP contribution in [-0.4, -0.2) is 30.6 Å². The molecule has 25 heavy (non-hydrogen) atoms. The average Bonchev–Trinajstić information content (AvgIpc) is 3.01. The molecule has 2 aromatic rings. The largest absolute Gasteiger partial charge is 0.468 e. The van der Waals surface area contributed by atoms with E-state index in [2.05, 4.69) is 24.8 Å². The maximum absolute atomic E-state index is 12.0. The molecule has 1 saturated heterocycles. The van der Waals surface area contributed by atoms with Crippen LogP contribution in [0.5, 0.6) is 0 Å². The van der Waals surface area contributed by atoms with Crippen LogP contribution in [0.15, 0.2) is 27.4 Å². The van der Waals surface area contributed by atoms with Gasteiger partial charge >= 0.3 is 11.6 Å². The zero-order valence-electron chi connectivity index (χ0n) is 15.3. The molecule has 0 N–H and O–H groups in total. The highest BCUT2D eigenvalue weighted by atomic mass is 16.5. The molecule has 2 heterocycles. The van der Waals surface area contributed by atoms with E-state index in [1.165, 1.54) is 12.7 Å². The zero-order valence-corrected chi connectivity index (χ0v) is 15.3. The quantitative estimate of drug-likeness (QED) is 0.629. The van der Waals surface area contributed by atoms with Crippen LogP contribution in [0.4, 0.5) is 0 Å². The van der Waals surface area contributed by atoms with E-state index in [4.69, 9.17) is 9.15 Å². The minimum Gasteiger partial charge on any atom is -0.468 e. The van der Waals surface area contributed by atoms with E-state index < -0.39 is 0 Å². The fraction of sp³-hybridized carbons (Fsp3) is 0.500. The molecule has 0 radical (unpaired) electrons. The molecule has 5 heteroatoms. The summed E-state index contributed by atoms with van der Waals surface area (Å²) in [5.41, 5.74) is 3.53. The van der Waals surface area contributed by atoms with E-state index in [0.29, 0.717) is 18.0 Å². The zero-order chi connectivity index (χ0) is 18.1. The summed E-state index contributed by atoms with van der Waals surface area (Å²) in [6.07, 6.45) is 1.75. The summed E-state index contributed by atoms with van der Waals surface area (Å²) in [5.74, 6) is 0.183. The Hall–Kier alpha value is -2.14. The highest BCUT2D eigenvalue weighted by Crippen LogP contribution is 2.29. The van der Waals surface area contributed by atoms with Gasteiger partial charge in [0.05, 0.1) is 7.11 Å². The second-order valence-corrected chi connectivity index (χ2v) is 7.10. The Morgan fingerprint density at radius 3 is 2.80 bits per heavy atom. The molecule has 1 fully saturated rings. The van der Waals surface area contributed by atoms with Crippen LogP contribution in [0, 0.1) is 6.92 Å². The number of aryl methyl sites for hydroxylation is 1. The summed E-state index contributed by atoms with van der Waals surface area (Å²) < 4.78 is 10.3. The molecule has 3 rings (SSSR count). The number of benzene rings is 1. The van der Waals surface area contributed by atoms with E-state index >= 15 is 0 Å². The molecule has 1 aromatic carbocycles. The normalized spacial score (nSPS) is 18.2. The highest BCUT2D eigenvalue weighted by molar-refractivity contribution is 5.82. The molecule has 0 saturated carbocycles. The molecule has 0 unspecified atom stereocenters. The van der Waals surface area contributed by atoms with Crippen molar-refractivity contribution in [2.75, 3.05) is 13.7 Å². The fourth-order valence-electron chi connectivity index (χ4n) is 3.78. The summed E-state index contributed by atoms with van der Waals surface area (Å²) in [7, 11) is 1.42. The number of carbonyl (C=O) groups is 1. The highest BCUT2D eigenvalue weighted by Gasteiger charge is 2.31. The van der Waals surface area contributed by atoms with Gasteiger partial charge in [0.25, 0.3) is 0 Å². The Balaban J connectivity index is 2.04. The smallest absolute Gasteiger partial charge is 0.336 e. The van der Waals surface area contributed by atoms with Crippen molar-refractivity contribution in [1.29, 1.82) is 0 Å². The SMILES string of the molecule is COC(=O)[C@H]1CCCN1Cc1cc(=O)oc2cc(C)c(C(C)C)cc12. The third kappa shape index (κ3) is 3.47. The Kier molecular flexibility index (Phi) is 4.95. The standard InChI is InChI=1S/C20H25NO4/c1-12(2)15-10-16-14(9-19(22)25-18(16)8-13(15)3)11-21-7-5-6-17(21)20(23)24-4/h8-10,12,17H,5-7,11H2,1-4H3/t17-/m1/s1. The van der Waals surface area contributed by atoms with Crippen LogP contribution >= 0.6 is 0 Å². The van der Waals surface area contributed by atoms with Crippen LogP contribution in [0.3, 0.4) is 0 Å².